The highest BCUT2D eigenvalue weighted by atomic mass is 19.1. The molecule has 1 saturated carbocycles. The van der Waals surface area contributed by atoms with Gasteiger partial charge in [0.05, 0.1) is 7.11 Å². The number of aryl methyl sites for hydroxylation is 1. The van der Waals surface area contributed by atoms with Gasteiger partial charge in [0.1, 0.15) is 11.9 Å². The summed E-state index contributed by atoms with van der Waals surface area (Å²) in [5, 5.41) is 0. The van der Waals surface area contributed by atoms with Gasteiger partial charge in [-0.15, -0.1) is 0 Å². The Morgan fingerprint density at radius 1 is 1.53 bits per heavy atom. The quantitative estimate of drug-likeness (QED) is 0.813. The van der Waals surface area contributed by atoms with Crippen molar-refractivity contribution in [1.82, 2.24) is 0 Å². The van der Waals surface area contributed by atoms with E-state index in [9.17, 15) is 9.18 Å². The van der Waals surface area contributed by atoms with E-state index < -0.39 is 17.4 Å². The second-order valence-corrected chi connectivity index (χ2v) is 4.64. The van der Waals surface area contributed by atoms with Crippen LogP contribution < -0.4 is 5.73 Å². The predicted molar refractivity (Wildman–Crippen MR) is 62.0 cm³/mol. The van der Waals surface area contributed by atoms with E-state index >= 15 is 0 Å². The van der Waals surface area contributed by atoms with Gasteiger partial charge in [0, 0.05) is 5.41 Å². The van der Waals surface area contributed by atoms with E-state index in [1.165, 1.54) is 13.2 Å². The zero-order chi connectivity index (χ0) is 12.6. The number of carbonyl (C=O) groups excluding carboxylic acids is 1. The van der Waals surface area contributed by atoms with Crippen LogP contribution >= 0.6 is 0 Å². The molecule has 0 radical (unpaired) electrons. The highest BCUT2D eigenvalue weighted by molar-refractivity contribution is 5.78. The SMILES string of the molecule is COC(=O)C(N)C1(c2ccc(C)cc2F)CC1. The molecular weight excluding hydrogens is 221 g/mol. The summed E-state index contributed by atoms with van der Waals surface area (Å²) in [6.45, 7) is 1.83. The molecule has 0 aliphatic heterocycles. The van der Waals surface area contributed by atoms with Crippen molar-refractivity contribution >= 4 is 5.97 Å². The van der Waals surface area contributed by atoms with E-state index in [1.54, 1.807) is 6.07 Å². The zero-order valence-electron chi connectivity index (χ0n) is 10.00. The zero-order valence-corrected chi connectivity index (χ0v) is 10.00. The molecule has 2 N–H and O–H groups in total. The van der Waals surface area contributed by atoms with Crippen molar-refractivity contribution < 1.29 is 13.9 Å². The molecule has 1 atom stereocenters. The lowest BCUT2D eigenvalue weighted by Gasteiger charge is -2.22. The van der Waals surface area contributed by atoms with E-state index in [1.807, 2.05) is 13.0 Å². The van der Waals surface area contributed by atoms with Crippen LogP contribution in [0.3, 0.4) is 0 Å². The summed E-state index contributed by atoms with van der Waals surface area (Å²) in [5.74, 6) is -0.774. The van der Waals surface area contributed by atoms with Crippen molar-refractivity contribution in [3.05, 3.63) is 35.1 Å². The van der Waals surface area contributed by atoms with Crippen LogP contribution in [0.25, 0.3) is 0 Å². The monoisotopic (exact) mass is 237 g/mol. The number of benzene rings is 1. The molecule has 1 aromatic carbocycles. The fourth-order valence-corrected chi connectivity index (χ4v) is 2.26. The van der Waals surface area contributed by atoms with Crippen LogP contribution in [-0.4, -0.2) is 19.1 Å². The van der Waals surface area contributed by atoms with Gasteiger partial charge >= 0.3 is 5.97 Å². The number of ether oxygens (including phenoxy) is 1. The Balaban J connectivity index is 2.36. The molecule has 2 rings (SSSR count). The number of esters is 1. The first-order valence-corrected chi connectivity index (χ1v) is 5.61. The molecule has 0 amide bonds. The number of hydrogen-bond acceptors (Lipinski definition) is 3. The van der Waals surface area contributed by atoms with Gasteiger partial charge in [0.2, 0.25) is 0 Å². The third-order valence-electron chi connectivity index (χ3n) is 3.50. The number of methoxy groups -OCH3 is 1. The van der Waals surface area contributed by atoms with E-state index in [-0.39, 0.29) is 5.82 Å². The Labute approximate surface area is 99.8 Å². The van der Waals surface area contributed by atoms with Gasteiger partial charge in [-0.1, -0.05) is 12.1 Å². The summed E-state index contributed by atoms with van der Waals surface area (Å²) in [4.78, 5) is 11.5. The third kappa shape index (κ3) is 1.93. The Morgan fingerprint density at radius 3 is 2.65 bits per heavy atom. The molecule has 4 heteroatoms. The number of rotatable bonds is 3. The van der Waals surface area contributed by atoms with Crippen molar-refractivity contribution in [2.24, 2.45) is 5.73 Å². The number of hydrogen-bond donors (Lipinski definition) is 1. The lowest BCUT2D eigenvalue weighted by atomic mass is 9.87. The number of carbonyl (C=O) groups is 1. The van der Waals surface area contributed by atoms with Crippen LogP contribution in [0.15, 0.2) is 18.2 Å². The third-order valence-corrected chi connectivity index (χ3v) is 3.50. The summed E-state index contributed by atoms with van der Waals surface area (Å²) >= 11 is 0. The van der Waals surface area contributed by atoms with Gasteiger partial charge < -0.3 is 10.5 Å². The topological polar surface area (TPSA) is 52.3 Å². The number of nitrogens with two attached hydrogens (primary N) is 1. The van der Waals surface area contributed by atoms with Crippen molar-refractivity contribution in [3.8, 4) is 0 Å². The van der Waals surface area contributed by atoms with E-state index in [0.717, 1.165) is 18.4 Å². The average molecular weight is 237 g/mol. The molecule has 1 fully saturated rings. The van der Waals surface area contributed by atoms with Crippen LogP contribution in [0, 0.1) is 12.7 Å². The van der Waals surface area contributed by atoms with Gasteiger partial charge in [0.25, 0.3) is 0 Å². The van der Waals surface area contributed by atoms with Gasteiger partial charge in [-0.25, -0.2) is 4.39 Å². The van der Waals surface area contributed by atoms with Gasteiger partial charge in [-0.05, 0) is 37.0 Å². The molecule has 1 unspecified atom stereocenters. The fourth-order valence-electron chi connectivity index (χ4n) is 2.26. The smallest absolute Gasteiger partial charge is 0.323 e. The lowest BCUT2D eigenvalue weighted by Crippen LogP contribution is -2.43. The minimum absolute atomic E-state index is 0.290. The molecule has 0 spiro atoms. The van der Waals surface area contributed by atoms with Gasteiger partial charge in [-0.3, -0.25) is 4.79 Å². The number of halogens is 1. The van der Waals surface area contributed by atoms with Crippen LogP contribution in [0.5, 0.6) is 0 Å². The summed E-state index contributed by atoms with van der Waals surface area (Å²) in [7, 11) is 1.30. The summed E-state index contributed by atoms with van der Waals surface area (Å²) in [6, 6.07) is 4.24. The van der Waals surface area contributed by atoms with Crippen LogP contribution in [0.1, 0.15) is 24.0 Å². The molecule has 0 aromatic heterocycles. The first kappa shape index (κ1) is 12.0. The largest absolute Gasteiger partial charge is 0.468 e. The van der Waals surface area contributed by atoms with Crippen LogP contribution in [0.4, 0.5) is 4.39 Å². The van der Waals surface area contributed by atoms with Crippen molar-refractivity contribution in [3.63, 3.8) is 0 Å². The Morgan fingerprint density at radius 2 is 2.18 bits per heavy atom. The van der Waals surface area contributed by atoms with E-state index in [4.69, 9.17) is 5.73 Å². The summed E-state index contributed by atoms with van der Waals surface area (Å²) in [6.07, 6.45) is 1.45. The molecule has 17 heavy (non-hydrogen) atoms. The molecular formula is C13H16FNO2. The lowest BCUT2D eigenvalue weighted by molar-refractivity contribution is -0.143. The van der Waals surface area contributed by atoms with E-state index in [0.29, 0.717) is 5.56 Å². The van der Waals surface area contributed by atoms with Gasteiger partial charge in [0.15, 0.2) is 0 Å². The first-order chi connectivity index (χ1) is 8.01. The molecule has 3 nitrogen and oxygen atoms in total. The van der Waals surface area contributed by atoms with E-state index in [2.05, 4.69) is 4.74 Å². The van der Waals surface area contributed by atoms with Crippen molar-refractivity contribution in [2.75, 3.05) is 7.11 Å². The van der Waals surface area contributed by atoms with Crippen molar-refractivity contribution in [1.29, 1.82) is 0 Å². The summed E-state index contributed by atoms with van der Waals surface area (Å²) in [5.41, 5.74) is 6.69. The predicted octanol–water partition coefficient (Wildman–Crippen LogP) is 1.67. The Bertz CT molecular complexity index is 455. The second-order valence-electron chi connectivity index (χ2n) is 4.64. The highest BCUT2D eigenvalue weighted by Gasteiger charge is 2.53. The molecule has 92 valence electrons. The minimum atomic E-state index is -0.787. The Hall–Kier alpha value is -1.42. The first-order valence-electron chi connectivity index (χ1n) is 5.61. The molecule has 1 aliphatic rings. The normalized spacial score (nSPS) is 18.6. The molecule has 0 bridgehead atoms. The van der Waals surface area contributed by atoms with Crippen molar-refractivity contribution in [2.45, 2.75) is 31.2 Å². The highest BCUT2D eigenvalue weighted by Crippen LogP contribution is 2.51. The fraction of sp³-hybridized carbons (Fsp3) is 0.462. The maximum Gasteiger partial charge on any atom is 0.323 e. The standard InChI is InChI=1S/C13H16FNO2/c1-8-3-4-9(10(14)7-8)13(5-6-13)11(15)12(16)17-2/h3-4,7,11H,5-6,15H2,1-2H3. The minimum Gasteiger partial charge on any atom is -0.468 e. The second kappa shape index (κ2) is 4.11. The van der Waals surface area contributed by atoms with Crippen LogP contribution in [-0.2, 0) is 14.9 Å². The van der Waals surface area contributed by atoms with Crippen LogP contribution in [0.2, 0.25) is 0 Å². The molecule has 0 saturated heterocycles. The maximum absolute atomic E-state index is 13.9. The summed E-state index contributed by atoms with van der Waals surface area (Å²) < 4.78 is 18.5. The molecule has 1 aliphatic carbocycles. The Kier molecular flexibility index (Phi) is 2.91. The average Bonchev–Trinajstić information content (AvgIpc) is 3.08. The molecule has 0 heterocycles. The maximum atomic E-state index is 13.9. The van der Waals surface area contributed by atoms with Gasteiger partial charge in [-0.2, -0.15) is 0 Å². The molecule has 1 aromatic rings.